The minimum atomic E-state index is -0.782. The molecule has 0 aliphatic carbocycles. The standard InChI is InChI=1S/C15H23N3O3/c1-6-11-12(10(2)21-16-11)13(19)18-9-7-8-15(18,3)14(20)17(4)5/h6-9H2,1-5H3/t15-/m0/s1. The van der Waals surface area contributed by atoms with E-state index in [2.05, 4.69) is 5.16 Å². The monoisotopic (exact) mass is 293 g/mol. The Balaban J connectivity index is 2.38. The minimum absolute atomic E-state index is 0.0412. The third-order valence-corrected chi connectivity index (χ3v) is 4.24. The highest BCUT2D eigenvalue weighted by atomic mass is 16.5. The molecule has 0 spiro atoms. The van der Waals surface area contributed by atoms with E-state index in [1.165, 1.54) is 0 Å². The zero-order valence-electron chi connectivity index (χ0n) is 13.4. The van der Waals surface area contributed by atoms with Crippen LogP contribution < -0.4 is 0 Å². The van der Waals surface area contributed by atoms with Crippen molar-refractivity contribution in [1.29, 1.82) is 0 Å². The summed E-state index contributed by atoms with van der Waals surface area (Å²) in [4.78, 5) is 28.6. The highest BCUT2D eigenvalue weighted by Crippen LogP contribution is 2.33. The SMILES string of the molecule is CCc1noc(C)c1C(=O)N1CCC[C@@]1(C)C(=O)N(C)C. The molecule has 0 saturated carbocycles. The molecule has 1 aliphatic rings. The average Bonchev–Trinajstić information content (AvgIpc) is 3.01. The second-order valence-corrected chi connectivity index (χ2v) is 5.95. The Morgan fingerprint density at radius 3 is 2.67 bits per heavy atom. The van der Waals surface area contributed by atoms with Gasteiger partial charge in [0.25, 0.3) is 5.91 Å². The molecule has 2 rings (SSSR count). The molecule has 1 fully saturated rings. The number of hydrogen-bond acceptors (Lipinski definition) is 4. The quantitative estimate of drug-likeness (QED) is 0.849. The lowest BCUT2D eigenvalue weighted by Gasteiger charge is -2.35. The Morgan fingerprint density at radius 2 is 2.10 bits per heavy atom. The van der Waals surface area contributed by atoms with Gasteiger partial charge in [0.1, 0.15) is 16.9 Å². The Morgan fingerprint density at radius 1 is 1.43 bits per heavy atom. The molecule has 21 heavy (non-hydrogen) atoms. The van der Waals surface area contributed by atoms with Crippen molar-refractivity contribution in [1.82, 2.24) is 15.0 Å². The fourth-order valence-corrected chi connectivity index (χ4v) is 3.06. The number of likely N-dealkylation sites (N-methyl/N-ethyl adjacent to an activating group) is 1. The minimum Gasteiger partial charge on any atom is -0.361 e. The molecular formula is C15H23N3O3. The topological polar surface area (TPSA) is 66.7 Å². The third kappa shape index (κ3) is 2.43. The zero-order chi connectivity index (χ0) is 15.8. The van der Waals surface area contributed by atoms with E-state index in [1.807, 2.05) is 13.8 Å². The summed E-state index contributed by atoms with van der Waals surface area (Å²) in [6.07, 6.45) is 2.14. The summed E-state index contributed by atoms with van der Waals surface area (Å²) >= 11 is 0. The molecular weight excluding hydrogens is 270 g/mol. The van der Waals surface area contributed by atoms with Gasteiger partial charge in [-0.25, -0.2) is 0 Å². The van der Waals surface area contributed by atoms with Gasteiger partial charge in [-0.05, 0) is 33.1 Å². The molecule has 2 heterocycles. The van der Waals surface area contributed by atoms with Crippen molar-refractivity contribution in [2.75, 3.05) is 20.6 Å². The highest BCUT2D eigenvalue weighted by molar-refractivity contribution is 6.00. The number of likely N-dealkylation sites (tertiary alicyclic amines) is 1. The lowest BCUT2D eigenvalue weighted by molar-refractivity contribution is -0.138. The summed E-state index contributed by atoms with van der Waals surface area (Å²) in [6, 6.07) is 0. The van der Waals surface area contributed by atoms with Crippen LogP contribution in [0, 0.1) is 6.92 Å². The van der Waals surface area contributed by atoms with Crippen molar-refractivity contribution in [2.24, 2.45) is 0 Å². The van der Waals surface area contributed by atoms with E-state index < -0.39 is 5.54 Å². The van der Waals surface area contributed by atoms with Gasteiger partial charge in [0.05, 0.1) is 5.69 Å². The molecule has 1 saturated heterocycles. The molecule has 116 valence electrons. The Labute approximate surface area is 125 Å². The highest BCUT2D eigenvalue weighted by Gasteiger charge is 2.47. The van der Waals surface area contributed by atoms with Gasteiger partial charge in [-0.1, -0.05) is 12.1 Å². The average molecular weight is 293 g/mol. The second-order valence-electron chi connectivity index (χ2n) is 5.95. The van der Waals surface area contributed by atoms with Gasteiger partial charge in [-0.15, -0.1) is 0 Å². The first-order valence-corrected chi connectivity index (χ1v) is 7.31. The van der Waals surface area contributed by atoms with Crippen molar-refractivity contribution in [3.63, 3.8) is 0 Å². The van der Waals surface area contributed by atoms with Gasteiger partial charge in [0.2, 0.25) is 5.91 Å². The van der Waals surface area contributed by atoms with Gasteiger partial charge >= 0.3 is 0 Å². The first kappa shape index (κ1) is 15.5. The number of nitrogens with zero attached hydrogens (tertiary/aromatic N) is 3. The van der Waals surface area contributed by atoms with Crippen LogP contribution in [0.4, 0.5) is 0 Å². The largest absolute Gasteiger partial charge is 0.361 e. The Hall–Kier alpha value is -1.85. The number of carbonyl (C=O) groups excluding carboxylic acids is 2. The van der Waals surface area contributed by atoms with Gasteiger partial charge in [-0.2, -0.15) is 0 Å². The van der Waals surface area contributed by atoms with E-state index in [9.17, 15) is 9.59 Å². The van der Waals surface area contributed by atoms with Crippen LogP contribution in [0.25, 0.3) is 0 Å². The number of amides is 2. The van der Waals surface area contributed by atoms with Crippen LogP contribution in [-0.2, 0) is 11.2 Å². The maximum atomic E-state index is 12.9. The molecule has 6 nitrogen and oxygen atoms in total. The van der Waals surface area contributed by atoms with E-state index in [1.54, 1.807) is 30.8 Å². The summed E-state index contributed by atoms with van der Waals surface area (Å²) in [5.74, 6) is 0.324. The number of hydrogen-bond donors (Lipinski definition) is 0. The maximum absolute atomic E-state index is 12.9. The number of aryl methyl sites for hydroxylation is 2. The molecule has 1 aromatic rings. The van der Waals surface area contributed by atoms with E-state index in [0.717, 1.165) is 6.42 Å². The molecule has 0 aromatic carbocycles. The number of carbonyl (C=O) groups is 2. The molecule has 1 aliphatic heterocycles. The van der Waals surface area contributed by atoms with Crippen molar-refractivity contribution in [3.8, 4) is 0 Å². The fourth-order valence-electron chi connectivity index (χ4n) is 3.06. The van der Waals surface area contributed by atoms with E-state index in [-0.39, 0.29) is 11.8 Å². The Kier molecular flexibility index (Phi) is 4.07. The Bertz CT molecular complexity index is 565. The van der Waals surface area contributed by atoms with Crippen LogP contribution in [0.15, 0.2) is 4.52 Å². The maximum Gasteiger partial charge on any atom is 0.260 e. The third-order valence-electron chi connectivity index (χ3n) is 4.24. The lowest BCUT2D eigenvalue weighted by atomic mass is 9.96. The van der Waals surface area contributed by atoms with E-state index >= 15 is 0 Å². The molecule has 0 radical (unpaired) electrons. The summed E-state index contributed by atoms with van der Waals surface area (Å²) in [7, 11) is 3.44. The van der Waals surface area contributed by atoms with Crippen molar-refractivity contribution >= 4 is 11.8 Å². The molecule has 1 aromatic heterocycles. The molecule has 1 atom stereocenters. The second kappa shape index (κ2) is 5.50. The van der Waals surface area contributed by atoms with Crippen molar-refractivity contribution in [3.05, 3.63) is 17.0 Å². The lowest BCUT2D eigenvalue weighted by Crippen LogP contribution is -2.55. The molecule has 0 unspecified atom stereocenters. The van der Waals surface area contributed by atoms with Crippen molar-refractivity contribution < 1.29 is 14.1 Å². The van der Waals surface area contributed by atoms with Crippen LogP contribution in [0.1, 0.15) is 48.5 Å². The molecule has 0 N–H and O–H groups in total. The number of aromatic nitrogens is 1. The zero-order valence-corrected chi connectivity index (χ0v) is 13.4. The molecule has 2 amide bonds. The van der Waals surface area contributed by atoms with E-state index in [0.29, 0.717) is 36.4 Å². The van der Waals surface area contributed by atoms with Gasteiger partial charge in [0, 0.05) is 20.6 Å². The first-order valence-electron chi connectivity index (χ1n) is 7.31. The summed E-state index contributed by atoms with van der Waals surface area (Å²) in [5.41, 5.74) is 0.385. The van der Waals surface area contributed by atoms with Crippen LogP contribution >= 0.6 is 0 Å². The predicted octanol–water partition coefficient (Wildman–Crippen LogP) is 1.63. The molecule has 0 bridgehead atoms. The van der Waals surface area contributed by atoms with E-state index in [4.69, 9.17) is 4.52 Å². The summed E-state index contributed by atoms with van der Waals surface area (Å²) in [6.45, 7) is 6.10. The summed E-state index contributed by atoms with van der Waals surface area (Å²) < 4.78 is 5.15. The predicted molar refractivity (Wildman–Crippen MR) is 78.0 cm³/mol. The first-order chi connectivity index (χ1) is 9.82. The van der Waals surface area contributed by atoms with Gasteiger partial charge < -0.3 is 14.3 Å². The van der Waals surface area contributed by atoms with Crippen LogP contribution in [0.2, 0.25) is 0 Å². The summed E-state index contributed by atoms with van der Waals surface area (Å²) in [5, 5.41) is 3.94. The van der Waals surface area contributed by atoms with Crippen LogP contribution in [-0.4, -0.2) is 52.9 Å². The number of rotatable bonds is 3. The van der Waals surface area contributed by atoms with Crippen LogP contribution in [0.5, 0.6) is 0 Å². The van der Waals surface area contributed by atoms with Crippen molar-refractivity contribution in [2.45, 2.75) is 45.6 Å². The van der Waals surface area contributed by atoms with Crippen LogP contribution in [0.3, 0.4) is 0 Å². The smallest absolute Gasteiger partial charge is 0.260 e. The molecule has 6 heteroatoms. The van der Waals surface area contributed by atoms with Gasteiger partial charge in [0.15, 0.2) is 0 Å². The van der Waals surface area contributed by atoms with Gasteiger partial charge in [-0.3, -0.25) is 9.59 Å². The fraction of sp³-hybridized carbons (Fsp3) is 0.667. The normalized spacial score (nSPS) is 21.7.